The molecule has 26 heavy (non-hydrogen) atoms. The Labute approximate surface area is 149 Å². The monoisotopic (exact) mass is 353 g/mol. The number of hydrogen-bond donors (Lipinski definition) is 2. The Balaban J connectivity index is 1.59. The average molecular weight is 353 g/mol. The van der Waals surface area contributed by atoms with Crippen LogP contribution in [0.4, 0.5) is 5.69 Å². The van der Waals surface area contributed by atoms with Gasteiger partial charge in [0.05, 0.1) is 6.54 Å². The third-order valence-corrected chi connectivity index (χ3v) is 3.97. The Hall–Kier alpha value is -3.42. The van der Waals surface area contributed by atoms with Crippen LogP contribution in [-0.2, 0) is 16.1 Å². The predicted molar refractivity (Wildman–Crippen MR) is 97.0 cm³/mol. The summed E-state index contributed by atoms with van der Waals surface area (Å²) in [4.78, 5) is 36.2. The molecule has 2 amide bonds. The van der Waals surface area contributed by atoms with Gasteiger partial charge in [-0.25, -0.2) is 9.48 Å². The minimum Gasteiger partial charge on any atom is -0.345 e. The summed E-state index contributed by atoms with van der Waals surface area (Å²) >= 11 is 0. The second-order valence-corrected chi connectivity index (χ2v) is 5.96. The Morgan fingerprint density at radius 1 is 1.04 bits per heavy atom. The second-order valence-electron chi connectivity index (χ2n) is 5.96. The molecule has 0 aliphatic carbocycles. The number of benzene rings is 1. The highest BCUT2D eigenvalue weighted by atomic mass is 16.2. The molecular formula is C18H19N5O3. The van der Waals surface area contributed by atoms with Crippen LogP contribution in [0.25, 0.3) is 5.65 Å². The third-order valence-electron chi connectivity index (χ3n) is 3.97. The molecule has 0 radical (unpaired) electrons. The molecule has 0 saturated carbocycles. The molecule has 0 saturated heterocycles. The van der Waals surface area contributed by atoms with Crippen LogP contribution < -0.4 is 16.3 Å². The number of anilines is 1. The van der Waals surface area contributed by atoms with Gasteiger partial charge >= 0.3 is 5.69 Å². The van der Waals surface area contributed by atoms with E-state index in [2.05, 4.69) is 15.7 Å². The largest absolute Gasteiger partial charge is 0.350 e. The van der Waals surface area contributed by atoms with Gasteiger partial charge in [0.25, 0.3) is 0 Å². The number of carbonyl (C=O) groups excluding carboxylic acids is 2. The third kappa shape index (κ3) is 3.64. The molecule has 0 fully saturated rings. The Bertz CT molecular complexity index is 1010. The molecule has 0 aliphatic heterocycles. The van der Waals surface area contributed by atoms with Crippen molar-refractivity contribution in [2.75, 3.05) is 11.9 Å². The lowest BCUT2D eigenvalue weighted by Gasteiger charge is -2.11. The van der Waals surface area contributed by atoms with E-state index in [9.17, 15) is 14.4 Å². The lowest BCUT2D eigenvalue weighted by atomic mass is 10.1. The van der Waals surface area contributed by atoms with E-state index in [-0.39, 0.29) is 19.0 Å². The number of hydrogen-bond acceptors (Lipinski definition) is 4. The molecule has 0 unspecified atom stereocenters. The molecule has 1 aromatic carbocycles. The zero-order valence-corrected chi connectivity index (χ0v) is 14.5. The quantitative estimate of drug-likeness (QED) is 0.711. The number of pyridine rings is 1. The van der Waals surface area contributed by atoms with E-state index >= 15 is 0 Å². The Morgan fingerprint density at radius 3 is 2.46 bits per heavy atom. The fraction of sp³-hybridized carbons (Fsp3) is 0.222. The highest BCUT2D eigenvalue weighted by Gasteiger charge is 2.12. The summed E-state index contributed by atoms with van der Waals surface area (Å²) < 4.78 is 2.41. The van der Waals surface area contributed by atoms with Gasteiger partial charge in [-0.05, 0) is 37.1 Å². The van der Waals surface area contributed by atoms with Gasteiger partial charge in [0.15, 0.2) is 5.65 Å². The van der Waals surface area contributed by atoms with Crippen molar-refractivity contribution in [3.05, 3.63) is 64.2 Å². The number of rotatable bonds is 5. The average Bonchev–Trinajstić information content (AvgIpc) is 2.93. The molecule has 8 heteroatoms. The summed E-state index contributed by atoms with van der Waals surface area (Å²) in [6, 6.07) is 10.8. The van der Waals surface area contributed by atoms with Crippen LogP contribution in [0.15, 0.2) is 47.4 Å². The first-order valence-corrected chi connectivity index (χ1v) is 8.12. The molecule has 3 aromatic rings. The van der Waals surface area contributed by atoms with Crippen molar-refractivity contribution in [3.63, 3.8) is 0 Å². The van der Waals surface area contributed by atoms with Gasteiger partial charge in [0, 0.05) is 11.9 Å². The molecule has 3 rings (SSSR count). The van der Waals surface area contributed by atoms with Crippen LogP contribution in [0, 0.1) is 13.8 Å². The molecule has 0 spiro atoms. The summed E-state index contributed by atoms with van der Waals surface area (Å²) in [6.45, 7) is 3.36. The fourth-order valence-electron chi connectivity index (χ4n) is 2.64. The predicted octanol–water partition coefficient (Wildman–Crippen LogP) is 0.868. The number of aromatic nitrogens is 3. The van der Waals surface area contributed by atoms with E-state index in [1.54, 1.807) is 24.4 Å². The normalized spacial score (nSPS) is 10.7. The first-order valence-electron chi connectivity index (χ1n) is 8.12. The lowest BCUT2D eigenvalue weighted by molar-refractivity contribution is -0.124. The molecule has 2 N–H and O–H groups in total. The van der Waals surface area contributed by atoms with Crippen molar-refractivity contribution in [3.8, 4) is 0 Å². The number of carbonyl (C=O) groups is 2. The van der Waals surface area contributed by atoms with E-state index in [1.807, 2.05) is 32.0 Å². The van der Waals surface area contributed by atoms with Crippen LogP contribution in [0.1, 0.15) is 11.1 Å². The minimum atomic E-state index is -0.466. The van der Waals surface area contributed by atoms with Crippen LogP contribution >= 0.6 is 0 Å². The maximum Gasteiger partial charge on any atom is 0.350 e. The highest BCUT2D eigenvalue weighted by molar-refractivity contribution is 5.95. The summed E-state index contributed by atoms with van der Waals surface area (Å²) in [7, 11) is 0. The number of aryl methyl sites for hydroxylation is 2. The zero-order chi connectivity index (χ0) is 18.7. The SMILES string of the molecule is Cc1cccc(C)c1NC(=O)CNC(=O)Cn1nc2ccccn2c1=O. The van der Waals surface area contributed by atoms with Crippen molar-refractivity contribution in [1.29, 1.82) is 0 Å². The highest BCUT2D eigenvalue weighted by Crippen LogP contribution is 2.18. The van der Waals surface area contributed by atoms with Crippen molar-refractivity contribution < 1.29 is 9.59 Å². The first kappa shape index (κ1) is 17.4. The van der Waals surface area contributed by atoms with Gasteiger partial charge in [-0.15, -0.1) is 5.10 Å². The number of nitrogens with one attached hydrogen (secondary N) is 2. The number of amides is 2. The smallest absolute Gasteiger partial charge is 0.345 e. The van der Waals surface area contributed by atoms with E-state index < -0.39 is 11.6 Å². The molecule has 8 nitrogen and oxygen atoms in total. The van der Waals surface area contributed by atoms with Gasteiger partial charge in [-0.1, -0.05) is 24.3 Å². The Kier molecular flexibility index (Phi) is 4.83. The Morgan fingerprint density at radius 2 is 1.77 bits per heavy atom. The number of para-hydroxylation sites is 1. The van der Waals surface area contributed by atoms with Crippen LogP contribution in [0.2, 0.25) is 0 Å². The molecule has 0 bridgehead atoms. The van der Waals surface area contributed by atoms with Gasteiger partial charge in [-0.3, -0.25) is 14.0 Å². The summed E-state index contributed by atoms with van der Waals surface area (Å²) in [5.41, 5.74) is 2.68. The van der Waals surface area contributed by atoms with Gasteiger partial charge in [0.1, 0.15) is 6.54 Å². The number of fused-ring (bicyclic) bond motifs is 1. The van der Waals surface area contributed by atoms with Gasteiger partial charge in [0.2, 0.25) is 11.8 Å². The van der Waals surface area contributed by atoms with Gasteiger partial charge in [-0.2, -0.15) is 0 Å². The second kappa shape index (κ2) is 7.22. The molecular weight excluding hydrogens is 334 g/mol. The van der Waals surface area contributed by atoms with E-state index in [1.165, 1.54) is 4.40 Å². The van der Waals surface area contributed by atoms with Crippen LogP contribution in [0.5, 0.6) is 0 Å². The van der Waals surface area contributed by atoms with E-state index in [0.717, 1.165) is 21.5 Å². The van der Waals surface area contributed by atoms with Crippen molar-refractivity contribution in [1.82, 2.24) is 19.5 Å². The molecule has 0 atom stereocenters. The first-order chi connectivity index (χ1) is 12.5. The molecule has 134 valence electrons. The molecule has 2 heterocycles. The van der Waals surface area contributed by atoms with Crippen molar-refractivity contribution in [2.45, 2.75) is 20.4 Å². The summed E-state index contributed by atoms with van der Waals surface area (Å²) in [5.74, 6) is -0.801. The van der Waals surface area contributed by atoms with Crippen LogP contribution in [-0.4, -0.2) is 32.5 Å². The van der Waals surface area contributed by atoms with Gasteiger partial charge < -0.3 is 10.6 Å². The van der Waals surface area contributed by atoms with Crippen molar-refractivity contribution in [2.24, 2.45) is 0 Å². The molecule has 2 aromatic heterocycles. The topological polar surface area (TPSA) is 97.5 Å². The van der Waals surface area contributed by atoms with Crippen LogP contribution in [0.3, 0.4) is 0 Å². The maximum atomic E-state index is 12.1. The van der Waals surface area contributed by atoms with E-state index in [0.29, 0.717) is 5.65 Å². The van der Waals surface area contributed by atoms with E-state index in [4.69, 9.17) is 0 Å². The zero-order valence-electron chi connectivity index (χ0n) is 14.5. The summed E-state index contributed by atoms with van der Waals surface area (Å²) in [5, 5.41) is 9.37. The standard InChI is InChI=1S/C18H19N5O3/c1-12-6-5-7-13(2)17(12)20-15(24)10-19-16(25)11-23-18(26)22-9-4-3-8-14(22)21-23/h3-9H,10-11H2,1-2H3,(H,19,25)(H,20,24). The molecule has 0 aliphatic rings. The maximum absolute atomic E-state index is 12.1. The summed E-state index contributed by atoms with van der Waals surface area (Å²) in [6.07, 6.45) is 1.58. The lowest BCUT2D eigenvalue weighted by Crippen LogP contribution is -2.37. The number of nitrogens with zero attached hydrogens (tertiary/aromatic N) is 3. The minimum absolute atomic E-state index is 0.186. The fourth-order valence-corrected chi connectivity index (χ4v) is 2.64. The van der Waals surface area contributed by atoms with Crippen molar-refractivity contribution >= 4 is 23.1 Å².